The standard InChI is InChI=1S/C28H49N3O7/c1-6-7-8-9-16-31(19-23(33)25(35)24(34)20-32)18-15-29-26(36)22-12-10-21(11-13-22)14-17-30(5)27(37)38-28(2,3)4/h10-13,23-25,32-35H,6-9,14-20H2,1-5H3,(H,29,36). The summed E-state index contributed by atoms with van der Waals surface area (Å²) in [6, 6.07) is 7.22. The zero-order valence-electron chi connectivity index (χ0n) is 23.7. The maximum absolute atomic E-state index is 12.6. The molecule has 0 fully saturated rings. The predicted octanol–water partition coefficient (Wildman–Crippen LogP) is 1.78. The predicted molar refractivity (Wildman–Crippen MR) is 147 cm³/mol. The fourth-order valence-corrected chi connectivity index (χ4v) is 3.77. The van der Waals surface area contributed by atoms with Crippen LogP contribution in [0.25, 0.3) is 0 Å². The van der Waals surface area contributed by atoms with Gasteiger partial charge in [0.2, 0.25) is 0 Å². The number of amides is 2. The minimum Gasteiger partial charge on any atom is -0.444 e. The highest BCUT2D eigenvalue weighted by Gasteiger charge is 2.26. The molecule has 3 unspecified atom stereocenters. The first-order valence-corrected chi connectivity index (χ1v) is 13.6. The van der Waals surface area contributed by atoms with Gasteiger partial charge in [-0.1, -0.05) is 38.3 Å². The molecular formula is C28H49N3O7. The van der Waals surface area contributed by atoms with Crippen LogP contribution in [-0.2, 0) is 11.2 Å². The van der Waals surface area contributed by atoms with Crippen molar-refractivity contribution in [3.63, 3.8) is 0 Å². The molecule has 0 heterocycles. The first kappa shape index (κ1) is 33.8. The number of rotatable bonds is 17. The first-order valence-electron chi connectivity index (χ1n) is 13.6. The van der Waals surface area contributed by atoms with Crippen LogP contribution in [0.15, 0.2) is 24.3 Å². The van der Waals surface area contributed by atoms with Gasteiger partial charge in [-0.15, -0.1) is 0 Å². The molecule has 1 aromatic carbocycles. The Balaban J connectivity index is 2.57. The number of aliphatic hydroxyl groups is 4. The molecule has 0 bridgehead atoms. The maximum atomic E-state index is 12.6. The molecule has 218 valence electrons. The summed E-state index contributed by atoms with van der Waals surface area (Å²) in [5.41, 5.74) is 0.966. The van der Waals surface area contributed by atoms with Gasteiger partial charge in [0.25, 0.3) is 5.91 Å². The van der Waals surface area contributed by atoms with E-state index < -0.39 is 30.5 Å². The molecule has 0 aliphatic rings. The van der Waals surface area contributed by atoms with Crippen molar-refractivity contribution in [2.75, 3.05) is 46.4 Å². The maximum Gasteiger partial charge on any atom is 0.410 e. The summed E-state index contributed by atoms with van der Waals surface area (Å²) >= 11 is 0. The van der Waals surface area contributed by atoms with Crippen molar-refractivity contribution in [1.82, 2.24) is 15.1 Å². The van der Waals surface area contributed by atoms with Crippen LogP contribution < -0.4 is 5.32 Å². The van der Waals surface area contributed by atoms with Crippen molar-refractivity contribution in [3.8, 4) is 0 Å². The van der Waals surface area contributed by atoms with Crippen LogP contribution in [0, 0.1) is 0 Å². The van der Waals surface area contributed by atoms with Gasteiger partial charge in [-0.2, -0.15) is 0 Å². The number of carbonyl (C=O) groups is 2. The summed E-state index contributed by atoms with van der Waals surface area (Å²) < 4.78 is 5.36. The number of ether oxygens (including phenoxy) is 1. The average molecular weight is 540 g/mol. The van der Waals surface area contributed by atoms with Gasteiger partial charge in [-0.05, 0) is 57.9 Å². The van der Waals surface area contributed by atoms with Crippen molar-refractivity contribution in [2.45, 2.75) is 83.7 Å². The number of hydrogen-bond acceptors (Lipinski definition) is 8. The van der Waals surface area contributed by atoms with Crippen LogP contribution in [0.3, 0.4) is 0 Å². The Kier molecular flexibility index (Phi) is 15.4. The fraction of sp³-hybridized carbons (Fsp3) is 0.714. The molecule has 0 aliphatic carbocycles. The van der Waals surface area contributed by atoms with Crippen LogP contribution >= 0.6 is 0 Å². The highest BCUT2D eigenvalue weighted by atomic mass is 16.6. The van der Waals surface area contributed by atoms with Gasteiger partial charge in [0.1, 0.15) is 17.8 Å². The molecule has 3 atom stereocenters. The van der Waals surface area contributed by atoms with Crippen LogP contribution in [0.1, 0.15) is 69.3 Å². The van der Waals surface area contributed by atoms with Crippen LogP contribution in [-0.4, -0.2) is 113 Å². The Morgan fingerprint density at radius 3 is 2.21 bits per heavy atom. The first-order chi connectivity index (χ1) is 17.9. The molecular weight excluding hydrogens is 490 g/mol. The molecule has 0 saturated carbocycles. The number of nitrogens with zero attached hydrogens (tertiary/aromatic N) is 2. The number of carbonyl (C=O) groups excluding carboxylic acids is 2. The zero-order chi connectivity index (χ0) is 28.7. The number of hydrogen-bond donors (Lipinski definition) is 5. The lowest BCUT2D eigenvalue weighted by Gasteiger charge is -2.29. The van der Waals surface area contributed by atoms with E-state index in [1.54, 1.807) is 19.2 Å². The quantitative estimate of drug-likeness (QED) is 0.189. The van der Waals surface area contributed by atoms with E-state index >= 15 is 0 Å². The molecule has 5 N–H and O–H groups in total. The molecule has 10 nitrogen and oxygen atoms in total. The number of unbranched alkanes of at least 4 members (excludes halogenated alkanes) is 3. The number of likely N-dealkylation sites (N-methyl/N-ethyl adjacent to an activating group) is 1. The fourth-order valence-electron chi connectivity index (χ4n) is 3.77. The topological polar surface area (TPSA) is 143 Å². The SMILES string of the molecule is CCCCCCN(CCNC(=O)c1ccc(CCN(C)C(=O)OC(C)(C)C)cc1)CC(O)C(O)C(O)CO. The van der Waals surface area contributed by atoms with E-state index in [0.29, 0.717) is 38.2 Å². The van der Waals surface area contributed by atoms with E-state index in [1.807, 2.05) is 37.8 Å². The van der Waals surface area contributed by atoms with Crippen molar-refractivity contribution < 1.29 is 34.8 Å². The largest absolute Gasteiger partial charge is 0.444 e. The minimum atomic E-state index is -1.45. The average Bonchev–Trinajstić information content (AvgIpc) is 2.87. The van der Waals surface area contributed by atoms with Gasteiger partial charge in [0, 0.05) is 38.8 Å². The third-order valence-corrected chi connectivity index (χ3v) is 6.12. The van der Waals surface area contributed by atoms with E-state index in [4.69, 9.17) is 9.84 Å². The summed E-state index contributed by atoms with van der Waals surface area (Å²) in [4.78, 5) is 28.2. The Morgan fingerprint density at radius 2 is 1.63 bits per heavy atom. The van der Waals surface area contributed by atoms with Crippen molar-refractivity contribution in [1.29, 1.82) is 0 Å². The second-order valence-corrected chi connectivity index (χ2v) is 10.8. The van der Waals surface area contributed by atoms with Crippen molar-refractivity contribution in [3.05, 3.63) is 35.4 Å². The molecule has 0 aliphatic heterocycles. The van der Waals surface area contributed by atoms with Crippen LogP contribution in [0.4, 0.5) is 4.79 Å². The number of aliphatic hydroxyl groups excluding tert-OH is 4. The second-order valence-electron chi connectivity index (χ2n) is 10.8. The lowest BCUT2D eigenvalue weighted by atomic mass is 10.1. The molecule has 10 heteroatoms. The number of benzene rings is 1. The van der Waals surface area contributed by atoms with Gasteiger partial charge in [0.05, 0.1) is 12.7 Å². The third-order valence-electron chi connectivity index (χ3n) is 6.12. The van der Waals surface area contributed by atoms with Crippen molar-refractivity contribution in [2.24, 2.45) is 0 Å². The van der Waals surface area contributed by atoms with Gasteiger partial charge < -0.3 is 35.4 Å². The van der Waals surface area contributed by atoms with Gasteiger partial charge >= 0.3 is 6.09 Å². The molecule has 0 spiro atoms. The summed E-state index contributed by atoms with van der Waals surface area (Å²) in [6.45, 7) is 9.07. The van der Waals surface area contributed by atoms with Crippen molar-refractivity contribution >= 4 is 12.0 Å². The van der Waals surface area contributed by atoms with Gasteiger partial charge in [-0.3, -0.25) is 9.69 Å². The lowest BCUT2D eigenvalue weighted by Crippen LogP contribution is -2.47. The van der Waals surface area contributed by atoms with Crippen LogP contribution in [0.2, 0.25) is 0 Å². The molecule has 0 aromatic heterocycles. The molecule has 0 saturated heterocycles. The summed E-state index contributed by atoms with van der Waals surface area (Å²) in [7, 11) is 1.69. The minimum absolute atomic E-state index is 0.118. The van der Waals surface area contributed by atoms with Gasteiger partial charge in [-0.25, -0.2) is 4.79 Å². The number of nitrogens with one attached hydrogen (secondary N) is 1. The van der Waals surface area contributed by atoms with E-state index in [-0.39, 0.29) is 18.5 Å². The molecule has 38 heavy (non-hydrogen) atoms. The smallest absolute Gasteiger partial charge is 0.410 e. The highest BCUT2D eigenvalue weighted by molar-refractivity contribution is 5.94. The lowest BCUT2D eigenvalue weighted by molar-refractivity contribution is -0.0840. The third kappa shape index (κ3) is 13.5. The van der Waals surface area contributed by atoms with E-state index in [2.05, 4.69) is 12.2 Å². The molecule has 1 aromatic rings. The second kappa shape index (κ2) is 17.4. The van der Waals surface area contributed by atoms with E-state index in [0.717, 1.165) is 31.2 Å². The Morgan fingerprint density at radius 1 is 0.974 bits per heavy atom. The zero-order valence-corrected chi connectivity index (χ0v) is 23.7. The highest BCUT2D eigenvalue weighted by Crippen LogP contribution is 2.11. The van der Waals surface area contributed by atoms with Crippen LogP contribution in [0.5, 0.6) is 0 Å². The normalized spacial score (nSPS) is 14.2. The Labute approximate surface area is 227 Å². The summed E-state index contributed by atoms with van der Waals surface area (Å²) in [5, 5.41) is 41.8. The van der Waals surface area contributed by atoms with E-state index in [1.165, 1.54) is 4.90 Å². The summed E-state index contributed by atoms with van der Waals surface area (Å²) in [6.07, 6.45) is 0.326. The molecule has 1 rings (SSSR count). The van der Waals surface area contributed by atoms with Gasteiger partial charge in [0.15, 0.2) is 0 Å². The monoisotopic (exact) mass is 539 g/mol. The molecule has 2 amide bonds. The summed E-state index contributed by atoms with van der Waals surface area (Å²) in [5.74, 6) is -0.218. The Bertz CT molecular complexity index is 814. The Hall–Kier alpha value is -2.24. The van der Waals surface area contributed by atoms with E-state index in [9.17, 15) is 24.9 Å². The molecule has 0 radical (unpaired) electrons.